The number of anilines is 2. The topological polar surface area (TPSA) is 51.2 Å². The highest BCUT2D eigenvalue weighted by Crippen LogP contribution is 2.26. The van der Waals surface area contributed by atoms with Crippen LogP contribution in [0.3, 0.4) is 0 Å². The van der Waals surface area contributed by atoms with Gasteiger partial charge < -0.3 is 10.1 Å². The van der Waals surface area contributed by atoms with Crippen molar-refractivity contribution >= 4 is 33.4 Å². The van der Waals surface area contributed by atoms with E-state index in [0.29, 0.717) is 18.0 Å². The number of esters is 1. The minimum Gasteiger partial charge on any atom is -0.462 e. The van der Waals surface area contributed by atoms with Gasteiger partial charge in [0, 0.05) is 16.4 Å². The summed E-state index contributed by atoms with van der Waals surface area (Å²) in [4.78, 5) is 15.8. The van der Waals surface area contributed by atoms with Crippen LogP contribution < -0.4 is 5.32 Å². The zero-order valence-electron chi connectivity index (χ0n) is 12.2. The van der Waals surface area contributed by atoms with Crippen LogP contribution in [0.5, 0.6) is 0 Å². The van der Waals surface area contributed by atoms with E-state index in [0.717, 1.165) is 21.3 Å². The Morgan fingerprint density at radius 1 is 1.29 bits per heavy atom. The van der Waals surface area contributed by atoms with Crippen LogP contribution in [0.1, 0.15) is 28.4 Å². The Balaban J connectivity index is 2.15. The lowest BCUT2D eigenvalue weighted by molar-refractivity contribution is 0.0526. The van der Waals surface area contributed by atoms with Gasteiger partial charge in [0.1, 0.15) is 5.82 Å². The van der Waals surface area contributed by atoms with E-state index < -0.39 is 0 Å². The van der Waals surface area contributed by atoms with E-state index >= 15 is 0 Å². The van der Waals surface area contributed by atoms with Crippen LogP contribution in [0.2, 0.25) is 0 Å². The number of aromatic nitrogens is 1. The number of carbonyl (C=O) groups is 1. The van der Waals surface area contributed by atoms with E-state index in [-0.39, 0.29) is 5.97 Å². The summed E-state index contributed by atoms with van der Waals surface area (Å²) >= 11 is 3.54. The molecule has 1 aromatic carbocycles. The summed E-state index contributed by atoms with van der Waals surface area (Å²) < 4.78 is 6.04. The Kier molecular flexibility index (Phi) is 4.96. The molecule has 0 atom stereocenters. The normalized spacial score (nSPS) is 10.3. The number of hydrogen-bond acceptors (Lipinski definition) is 4. The van der Waals surface area contributed by atoms with Gasteiger partial charge >= 0.3 is 5.97 Å². The number of aryl methyl sites for hydroxylation is 2. The first-order valence-corrected chi connectivity index (χ1v) is 7.47. The maximum atomic E-state index is 11.6. The first-order valence-electron chi connectivity index (χ1n) is 6.68. The molecule has 0 radical (unpaired) electrons. The fourth-order valence-corrected chi connectivity index (χ4v) is 2.20. The van der Waals surface area contributed by atoms with Crippen LogP contribution in [0.15, 0.2) is 34.9 Å². The van der Waals surface area contributed by atoms with Crippen LogP contribution in [-0.4, -0.2) is 17.6 Å². The van der Waals surface area contributed by atoms with Crippen molar-refractivity contribution in [2.24, 2.45) is 0 Å². The third-order valence-electron chi connectivity index (χ3n) is 2.98. The predicted octanol–water partition coefficient (Wildman–Crippen LogP) is 4.38. The molecule has 0 fully saturated rings. The number of nitrogens with one attached hydrogen (secondary N) is 1. The second-order valence-electron chi connectivity index (χ2n) is 4.70. The van der Waals surface area contributed by atoms with E-state index in [2.05, 4.69) is 26.2 Å². The molecule has 2 rings (SSSR count). The molecule has 1 heterocycles. The van der Waals surface area contributed by atoms with Crippen LogP contribution >= 0.6 is 15.9 Å². The smallest absolute Gasteiger partial charge is 0.339 e. The van der Waals surface area contributed by atoms with Crippen LogP contribution in [-0.2, 0) is 4.74 Å². The molecule has 0 unspecified atom stereocenters. The minimum absolute atomic E-state index is 0.355. The largest absolute Gasteiger partial charge is 0.462 e. The van der Waals surface area contributed by atoms with Gasteiger partial charge in [-0.3, -0.25) is 0 Å². The van der Waals surface area contributed by atoms with Crippen molar-refractivity contribution in [1.29, 1.82) is 0 Å². The number of rotatable bonds is 4. The molecule has 5 heteroatoms. The van der Waals surface area contributed by atoms with Crippen molar-refractivity contribution in [2.75, 3.05) is 11.9 Å². The SMILES string of the molecule is CCOC(=O)c1ccc(Nc2cc(C)c(Br)c(C)c2)nc1. The van der Waals surface area contributed by atoms with Crippen molar-refractivity contribution in [3.63, 3.8) is 0 Å². The van der Waals surface area contributed by atoms with Crippen LogP contribution in [0.4, 0.5) is 11.5 Å². The summed E-state index contributed by atoms with van der Waals surface area (Å²) in [6.45, 7) is 6.22. The second kappa shape index (κ2) is 6.72. The van der Waals surface area contributed by atoms with Gasteiger partial charge in [-0.05, 0) is 56.2 Å². The first-order chi connectivity index (χ1) is 10.0. The monoisotopic (exact) mass is 348 g/mol. The number of benzene rings is 1. The third kappa shape index (κ3) is 3.82. The Morgan fingerprint density at radius 3 is 2.48 bits per heavy atom. The van der Waals surface area contributed by atoms with E-state index in [1.165, 1.54) is 6.20 Å². The molecule has 110 valence electrons. The summed E-state index contributed by atoms with van der Waals surface area (Å²) in [5.74, 6) is 0.330. The van der Waals surface area contributed by atoms with Gasteiger partial charge in [-0.15, -0.1) is 0 Å². The second-order valence-corrected chi connectivity index (χ2v) is 5.49. The number of hydrogen-bond donors (Lipinski definition) is 1. The average molecular weight is 349 g/mol. The lowest BCUT2D eigenvalue weighted by Crippen LogP contribution is -2.05. The lowest BCUT2D eigenvalue weighted by atomic mass is 10.1. The summed E-state index contributed by atoms with van der Waals surface area (Å²) in [5, 5.41) is 3.23. The Morgan fingerprint density at radius 2 is 1.95 bits per heavy atom. The predicted molar refractivity (Wildman–Crippen MR) is 87.1 cm³/mol. The van der Waals surface area contributed by atoms with Gasteiger partial charge in [0.2, 0.25) is 0 Å². The fraction of sp³-hybridized carbons (Fsp3) is 0.250. The molecule has 2 aromatic rings. The Labute approximate surface area is 132 Å². The molecule has 21 heavy (non-hydrogen) atoms. The lowest BCUT2D eigenvalue weighted by Gasteiger charge is -2.10. The molecule has 0 amide bonds. The summed E-state index contributed by atoms with van der Waals surface area (Å²) in [5.41, 5.74) is 3.72. The van der Waals surface area contributed by atoms with Gasteiger partial charge in [0.15, 0.2) is 0 Å². The van der Waals surface area contributed by atoms with Crippen molar-refractivity contribution in [2.45, 2.75) is 20.8 Å². The Hall–Kier alpha value is -1.88. The zero-order valence-corrected chi connectivity index (χ0v) is 13.8. The van der Waals surface area contributed by atoms with Crippen LogP contribution in [0.25, 0.3) is 0 Å². The number of nitrogens with zero attached hydrogens (tertiary/aromatic N) is 1. The van der Waals surface area contributed by atoms with E-state index in [9.17, 15) is 4.79 Å². The van der Waals surface area contributed by atoms with Crippen molar-refractivity contribution in [3.05, 3.63) is 51.6 Å². The summed E-state index contributed by atoms with van der Waals surface area (Å²) in [6, 6.07) is 7.54. The van der Waals surface area contributed by atoms with E-state index in [4.69, 9.17) is 4.74 Å². The number of carbonyl (C=O) groups excluding carboxylic acids is 1. The maximum absolute atomic E-state index is 11.6. The van der Waals surface area contributed by atoms with Gasteiger partial charge in [-0.25, -0.2) is 9.78 Å². The summed E-state index contributed by atoms with van der Waals surface area (Å²) in [6.07, 6.45) is 1.51. The molecular formula is C16H17BrN2O2. The molecule has 0 aliphatic heterocycles. The molecule has 0 aliphatic carbocycles. The van der Waals surface area contributed by atoms with Gasteiger partial charge in [-0.1, -0.05) is 15.9 Å². The summed E-state index contributed by atoms with van der Waals surface area (Å²) in [7, 11) is 0. The van der Waals surface area contributed by atoms with E-state index in [1.54, 1.807) is 19.1 Å². The number of pyridine rings is 1. The minimum atomic E-state index is -0.355. The van der Waals surface area contributed by atoms with Gasteiger partial charge in [-0.2, -0.15) is 0 Å². The van der Waals surface area contributed by atoms with Gasteiger partial charge in [0.05, 0.1) is 12.2 Å². The molecule has 0 saturated heterocycles. The molecule has 0 aliphatic rings. The molecule has 4 nitrogen and oxygen atoms in total. The molecular weight excluding hydrogens is 332 g/mol. The third-order valence-corrected chi connectivity index (χ3v) is 4.23. The van der Waals surface area contributed by atoms with Crippen molar-refractivity contribution in [3.8, 4) is 0 Å². The zero-order chi connectivity index (χ0) is 15.4. The maximum Gasteiger partial charge on any atom is 0.339 e. The molecule has 0 spiro atoms. The van der Waals surface area contributed by atoms with Gasteiger partial charge in [0.25, 0.3) is 0 Å². The standard InChI is InChI=1S/C16H17BrN2O2/c1-4-21-16(20)12-5-6-14(18-9-12)19-13-7-10(2)15(17)11(3)8-13/h5-9H,4H2,1-3H3,(H,18,19). The highest BCUT2D eigenvalue weighted by molar-refractivity contribution is 9.10. The van der Waals surface area contributed by atoms with Crippen molar-refractivity contribution in [1.82, 2.24) is 4.98 Å². The highest BCUT2D eigenvalue weighted by Gasteiger charge is 2.07. The highest BCUT2D eigenvalue weighted by atomic mass is 79.9. The molecule has 1 aromatic heterocycles. The molecule has 0 saturated carbocycles. The number of halogens is 1. The number of ether oxygens (including phenoxy) is 1. The average Bonchev–Trinajstić information content (AvgIpc) is 2.45. The Bertz CT molecular complexity index is 631. The quantitative estimate of drug-likeness (QED) is 0.833. The fourth-order valence-electron chi connectivity index (χ4n) is 1.97. The first kappa shape index (κ1) is 15.5. The van der Waals surface area contributed by atoms with Crippen LogP contribution in [0, 0.1) is 13.8 Å². The molecule has 0 bridgehead atoms. The van der Waals surface area contributed by atoms with E-state index in [1.807, 2.05) is 26.0 Å². The van der Waals surface area contributed by atoms with Crippen molar-refractivity contribution < 1.29 is 9.53 Å². The molecule has 1 N–H and O–H groups in total.